The summed E-state index contributed by atoms with van der Waals surface area (Å²) in [6.07, 6.45) is 2.38. The first-order valence-electron chi connectivity index (χ1n) is 7.93. The number of aromatic nitrogens is 1. The predicted octanol–water partition coefficient (Wildman–Crippen LogP) is 2.76. The molecule has 2 aromatic carbocycles. The number of nitrogens with one attached hydrogen (secondary N) is 3. The van der Waals surface area contributed by atoms with Crippen molar-refractivity contribution in [2.75, 3.05) is 11.9 Å². The molecule has 0 aliphatic heterocycles. The van der Waals surface area contributed by atoms with Crippen molar-refractivity contribution in [1.82, 2.24) is 10.3 Å². The van der Waals surface area contributed by atoms with Crippen LogP contribution in [0.3, 0.4) is 0 Å². The van der Waals surface area contributed by atoms with Crippen molar-refractivity contribution in [2.24, 2.45) is 0 Å². The number of urea groups is 1. The van der Waals surface area contributed by atoms with Gasteiger partial charge < -0.3 is 20.7 Å². The minimum Gasteiger partial charge on any atom is -0.394 e. The van der Waals surface area contributed by atoms with Crippen molar-refractivity contribution < 1.29 is 9.90 Å². The Morgan fingerprint density at radius 3 is 2.76 bits per heavy atom. The number of nitriles is 1. The Morgan fingerprint density at radius 1 is 1.20 bits per heavy atom. The van der Waals surface area contributed by atoms with Gasteiger partial charge in [0, 0.05) is 17.1 Å². The Hall–Kier alpha value is -3.30. The van der Waals surface area contributed by atoms with Gasteiger partial charge >= 0.3 is 6.03 Å². The highest BCUT2D eigenvalue weighted by Gasteiger charge is 2.15. The van der Waals surface area contributed by atoms with Crippen molar-refractivity contribution in [3.63, 3.8) is 0 Å². The summed E-state index contributed by atoms with van der Waals surface area (Å²) < 4.78 is 0. The summed E-state index contributed by atoms with van der Waals surface area (Å²) in [7, 11) is 0. The van der Waals surface area contributed by atoms with Crippen LogP contribution in [0, 0.1) is 11.3 Å². The second-order valence-corrected chi connectivity index (χ2v) is 5.70. The molecule has 0 bridgehead atoms. The monoisotopic (exact) mass is 334 g/mol. The zero-order chi connectivity index (χ0) is 17.6. The molecule has 0 aliphatic rings. The van der Waals surface area contributed by atoms with Crippen molar-refractivity contribution in [3.05, 3.63) is 65.9 Å². The number of carbonyl (C=O) groups excluding carboxylic acids is 1. The maximum Gasteiger partial charge on any atom is 0.319 e. The lowest BCUT2D eigenvalue weighted by atomic mass is 10.1. The maximum absolute atomic E-state index is 12.2. The molecule has 25 heavy (non-hydrogen) atoms. The number of anilines is 1. The van der Waals surface area contributed by atoms with Gasteiger partial charge in [0.1, 0.15) is 6.07 Å². The zero-order valence-corrected chi connectivity index (χ0v) is 13.5. The third-order valence-corrected chi connectivity index (χ3v) is 3.99. The standard InChI is InChI=1S/C19H18N4O2/c20-10-13-5-1-3-7-17(13)23-19(25)22-15(12-24)9-14-11-21-18-8-4-2-6-16(14)18/h1-8,11,15,21,24H,9,12H2,(H2,22,23,25). The molecule has 3 rings (SSSR count). The van der Waals surface area contributed by atoms with Crippen LogP contribution in [0.2, 0.25) is 0 Å². The van der Waals surface area contributed by atoms with E-state index in [0.717, 1.165) is 16.5 Å². The van der Waals surface area contributed by atoms with E-state index in [1.807, 2.05) is 36.5 Å². The van der Waals surface area contributed by atoms with Gasteiger partial charge in [-0.25, -0.2) is 4.79 Å². The number of H-pyrrole nitrogens is 1. The summed E-state index contributed by atoms with van der Waals surface area (Å²) in [5.41, 5.74) is 2.86. The van der Waals surface area contributed by atoms with Gasteiger partial charge in [0.25, 0.3) is 0 Å². The highest BCUT2D eigenvalue weighted by atomic mass is 16.3. The number of hydrogen-bond donors (Lipinski definition) is 4. The first-order valence-corrected chi connectivity index (χ1v) is 7.93. The smallest absolute Gasteiger partial charge is 0.319 e. The van der Waals surface area contributed by atoms with Crippen LogP contribution >= 0.6 is 0 Å². The number of amides is 2. The first kappa shape index (κ1) is 16.6. The number of benzene rings is 2. The van der Waals surface area contributed by atoms with Gasteiger partial charge in [-0.05, 0) is 30.2 Å². The van der Waals surface area contributed by atoms with Gasteiger partial charge in [0.15, 0.2) is 0 Å². The number of nitrogens with zero attached hydrogens (tertiary/aromatic N) is 1. The summed E-state index contributed by atoms with van der Waals surface area (Å²) in [6.45, 7) is -0.188. The average Bonchev–Trinajstić information content (AvgIpc) is 3.04. The number of para-hydroxylation sites is 2. The maximum atomic E-state index is 12.2. The molecule has 0 fully saturated rings. The summed E-state index contributed by atoms with van der Waals surface area (Å²) in [4.78, 5) is 15.4. The summed E-state index contributed by atoms with van der Waals surface area (Å²) in [6, 6.07) is 15.8. The fourth-order valence-corrected chi connectivity index (χ4v) is 2.76. The van der Waals surface area contributed by atoms with Crippen molar-refractivity contribution in [3.8, 4) is 6.07 Å². The SMILES string of the molecule is N#Cc1ccccc1NC(=O)NC(CO)Cc1c[nH]c2ccccc12. The van der Waals surface area contributed by atoms with E-state index >= 15 is 0 Å². The van der Waals surface area contributed by atoms with E-state index in [0.29, 0.717) is 17.7 Å². The van der Waals surface area contributed by atoms with Crippen LogP contribution in [-0.2, 0) is 6.42 Å². The Kier molecular flexibility index (Phi) is 4.97. The van der Waals surface area contributed by atoms with E-state index in [1.165, 1.54) is 0 Å². The van der Waals surface area contributed by atoms with Gasteiger partial charge in [-0.2, -0.15) is 5.26 Å². The Morgan fingerprint density at radius 2 is 1.96 bits per heavy atom. The van der Waals surface area contributed by atoms with Crippen LogP contribution in [0.15, 0.2) is 54.7 Å². The normalized spacial score (nSPS) is 11.7. The molecular weight excluding hydrogens is 316 g/mol. The minimum atomic E-state index is -0.457. The highest BCUT2D eigenvalue weighted by Crippen LogP contribution is 2.19. The zero-order valence-electron chi connectivity index (χ0n) is 13.5. The molecule has 6 heteroatoms. The first-order chi connectivity index (χ1) is 12.2. The largest absolute Gasteiger partial charge is 0.394 e. The molecule has 6 nitrogen and oxygen atoms in total. The molecule has 1 aromatic heterocycles. The number of aliphatic hydroxyl groups excluding tert-OH is 1. The molecule has 3 aromatic rings. The van der Waals surface area contributed by atoms with Crippen LogP contribution in [0.4, 0.5) is 10.5 Å². The molecule has 1 atom stereocenters. The number of aliphatic hydroxyl groups is 1. The molecule has 0 aliphatic carbocycles. The van der Waals surface area contributed by atoms with E-state index in [4.69, 9.17) is 5.26 Å². The molecular formula is C19H18N4O2. The Bertz CT molecular complexity index is 926. The predicted molar refractivity (Wildman–Crippen MR) is 96.2 cm³/mol. The third-order valence-electron chi connectivity index (χ3n) is 3.99. The summed E-state index contributed by atoms with van der Waals surface area (Å²) in [5, 5.41) is 25.1. The topological polar surface area (TPSA) is 101 Å². The number of rotatable bonds is 5. The number of aromatic amines is 1. The third kappa shape index (κ3) is 3.79. The van der Waals surface area contributed by atoms with Gasteiger partial charge in [-0.3, -0.25) is 0 Å². The molecule has 1 unspecified atom stereocenters. The lowest BCUT2D eigenvalue weighted by molar-refractivity contribution is 0.224. The van der Waals surface area contributed by atoms with Gasteiger partial charge in [0.05, 0.1) is 23.9 Å². The fraction of sp³-hybridized carbons (Fsp3) is 0.158. The van der Waals surface area contributed by atoms with E-state index in [2.05, 4.69) is 15.6 Å². The van der Waals surface area contributed by atoms with Crippen molar-refractivity contribution in [1.29, 1.82) is 5.26 Å². The van der Waals surface area contributed by atoms with E-state index in [9.17, 15) is 9.90 Å². The Labute approximate surface area is 145 Å². The minimum absolute atomic E-state index is 0.188. The second-order valence-electron chi connectivity index (χ2n) is 5.70. The van der Waals surface area contributed by atoms with Crippen molar-refractivity contribution in [2.45, 2.75) is 12.5 Å². The van der Waals surface area contributed by atoms with E-state index < -0.39 is 12.1 Å². The van der Waals surface area contributed by atoms with E-state index in [1.54, 1.807) is 24.3 Å². The quantitative estimate of drug-likeness (QED) is 0.577. The van der Waals surface area contributed by atoms with Gasteiger partial charge in [-0.1, -0.05) is 30.3 Å². The average molecular weight is 334 g/mol. The molecule has 0 saturated carbocycles. The molecule has 0 saturated heterocycles. The molecule has 126 valence electrons. The van der Waals surface area contributed by atoms with Crippen molar-refractivity contribution >= 4 is 22.6 Å². The molecule has 0 radical (unpaired) electrons. The number of carbonyl (C=O) groups is 1. The molecule has 1 heterocycles. The van der Waals surface area contributed by atoms with Crippen LogP contribution in [-0.4, -0.2) is 28.8 Å². The van der Waals surface area contributed by atoms with Crippen LogP contribution in [0.5, 0.6) is 0 Å². The number of hydrogen-bond acceptors (Lipinski definition) is 3. The highest BCUT2D eigenvalue weighted by molar-refractivity contribution is 5.91. The van der Waals surface area contributed by atoms with Gasteiger partial charge in [-0.15, -0.1) is 0 Å². The molecule has 0 spiro atoms. The van der Waals surface area contributed by atoms with E-state index in [-0.39, 0.29) is 6.61 Å². The number of fused-ring (bicyclic) bond motifs is 1. The van der Waals surface area contributed by atoms with Gasteiger partial charge in [0.2, 0.25) is 0 Å². The Balaban J connectivity index is 1.68. The fourth-order valence-electron chi connectivity index (χ4n) is 2.76. The molecule has 2 amide bonds. The molecule has 4 N–H and O–H groups in total. The lowest BCUT2D eigenvalue weighted by Gasteiger charge is -2.17. The summed E-state index contributed by atoms with van der Waals surface area (Å²) in [5.74, 6) is 0. The second kappa shape index (κ2) is 7.51. The van der Waals surface area contributed by atoms with Crippen LogP contribution in [0.1, 0.15) is 11.1 Å². The lowest BCUT2D eigenvalue weighted by Crippen LogP contribution is -2.41. The summed E-state index contributed by atoms with van der Waals surface area (Å²) >= 11 is 0. The van der Waals surface area contributed by atoms with Crippen LogP contribution in [0.25, 0.3) is 10.9 Å². The van der Waals surface area contributed by atoms with Crippen LogP contribution < -0.4 is 10.6 Å².